The normalized spacial score (nSPS) is 14.5. The van der Waals surface area contributed by atoms with E-state index in [1.807, 2.05) is 47.9 Å². The number of amides is 2. The molecule has 0 radical (unpaired) electrons. The van der Waals surface area contributed by atoms with E-state index in [1.54, 1.807) is 24.3 Å². The molecule has 0 aromatic heterocycles. The molecule has 5 N–H and O–H groups in total. The highest BCUT2D eigenvalue weighted by molar-refractivity contribution is 9.10. The molecule has 0 saturated carbocycles. The lowest BCUT2D eigenvalue weighted by Gasteiger charge is -2.26. The van der Waals surface area contributed by atoms with Crippen LogP contribution >= 0.6 is 39.1 Å². The number of Topliss-reactive ketones (excluding diaryl/α,β-unsaturated/α-hetero) is 1. The van der Waals surface area contributed by atoms with Crippen LogP contribution in [0, 0.1) is 0 Å². The van der Waals surface area contributed by atoms with Gasteiger partial charge in [-0.3, -0.25) is 10.2 Å². The minimum absolute atomic E-state index is 0.0153. The number of hydrazine groups is 1. The lowest BCUT2D eigenvalue weighted by atomic mass is 9.92. The van der Waals surface area contributed by atoms with Crippen LogP contribution < -0.4 is 21.9 Å². The number of carbonyl (C=O) groups is 2. The maximum atomic E-state index is 12.2. The van der Waals surface area contributed by atoms with E-state index in [2.05, 4.69) is 26.6 Å². The second-order valence-corrected chi connectivity index (χ2v) is 8.46. The minimum Gasteiger partial charge on any atom is -0.377 e. The Labute approximate surface area is 198 Å². The van der Waals surface area contributed by atoms with Gasteiger partial charge in [-0.05, 0) is 60.2 Å². The van der Waals surface area contributed by atoms with Crippen LogP contribution in [0.3, 0.4) is 0 Å². The van der Waals surface area contributed by atoms with Crippen molar-refractivity contribution in [3.05, 3.63) is 92.4 Å². The number of benzene rings is 3. The van der Waals surface area contributed by atoms with Crippen molar-refractivity contribution in [3.8, 4) is 0 Å². The van der Waals surface area contributed by atoms with E-state index in [1.165, 1.54) is 0 Å². The maximum absolute atomic E-state index is 12.2. The molecule has 0 spiro atoms. The summed E-state index contributed by atoms with van der Waals surface area (Å²) in [6, 6.07) is 19.6. The highest BCUT2D eigenvalue weighted by atomic mass is 79.9. The molecule has 4 rings (SSSR count). The monoisotopic (exact) mass is 520 g/mol. The van der Waals surface area contributed by atoms with Crippen LogP contribution in [0.5, 0.6) is 0 Å². The molecule has 31 heavy (non-hydrogen) atoms. The van der Waals surface area contributed by atoms with E-state index in [4.69, 9.17) is 29.0 Å². The molecule has 1 aliphatic heterocycles. The van der Waals surface area contributed by atoms with Crippen LogP contribution in [-0.4, -0.2) is 11.8 Å². The highest BCUT2D eigenvalue weighted by Gasteiger charge is 2.25. The number of carbonyl (C=O) groups excluding carboxylic acids is 2. The van der Waals surface area contributed by atoms with Gasteiger partial charge in [0.25, 0.3) is 0 Å². The standard InChI is InChI=1S/C15H11Cl2NO.C7H8BrN3O/c16-10-3-1-9(2-4-10)14-8-15(19)12-7-11(17)5-6-13(12)18-14;8-5-1-3-6(4-2-5)10-7(12)11-9/h1-7,14,18H,8H2;1-4H,9H2,(H2,10,11,12). The summed E-state index contributed by atoms with van der Waals surface area (Å²) in [4.78, 5) is 22.9. The maximum Gasteiger partial charge on any atom is 0.333 e. The average molecular weight is 522 g/mol. The number of anilines is 2. The second-order valence-electron chi connectivity index (χ2n) is 6.67. The Bertz CT molecular complexity index is 1080. The zero-order chi connectivity index (χ0) is 22.4. The van der Waals surface area contributed by atoms with Gasteiger partial charge in [0.15, 0.2) is 5.78 Å². The SMILES string of the molecule is NNC(=O)Nc1ccc(Br)cc1.O=C1CC(c2ccc(Cl)cc2)Nc2ccc(Cl)cc21. The smallest absolute Gasteiger partial charge is 0.333 e. The van der Waals surface area contributed by atoms with E-state index in [9.17, 15) is 9.59 Å². The molecule has 160 valence electrons. The van der Waals surface area contributed by atoms with Crippen molar-refractivity contribution in [2.24, 2.45) is 5.84 Å². The summed E-state index contributed by atoms with van der Waals surface area (Å²) in [7, 11) is 0. The molecule has 1 heterocycles. The van der Waals surface area contributed by atoms with E-state index in [-0.39, 0.29) is 11.8 Å². The van der Waals surface area contributed by atoms with Crippen molar-refractivity contribution in [2.45, 2.75) is 12.5 Å². The van der Waals surface area contributed by atoms with Gasteiger partial charge in [0.05, 0.1) is 6.04 Å². The van der Waals surface area contributed by atoms with Crippen LogP contribution in [0.25, 0.3) is 0 Å². The fraction of sp³-hybridized carbons (Fsp3) is 0.0909. The summed E-state index contributed by atoms with van der Waals surface area (Å²) in [5, 5.41) is 7.17. The summed E-state index contributed by atoms with van der Waals surface area (Å²) in [5.74, 6) is 4.99. The zero-order valence-electron chi connectivity index (χ0n) is 16.2. The van der Waals surface area contributed by atoms with Crippen molar-refractivity contribution in [1.29, 1.82) is 0 Å². The van der Waals surface area contributed by atoms with Crippen LogP contribution in [0.15, 0.2) is 71.2 Å². The molecule has 0 bridgehead atoms. The zero-order valence-corrected chi connectivity index (χ0v) is 19.3. The van der Waals surface area contributed by atoms with Gasteiger partial charge in [0, 0.05) is 37.9 Å². The summed E-state index contributed by atoms with van der Waals surface area (Å²) in [6.45, 7) is 0. The van der Waals surface area contributed by atoms with E-state index < -0.39 is 6.03 Å². The Hall–Kier alpha value is -2.58. The Balaban J connectivity index is 0.000000196. The Morgan fingerprint density at radius 1 is 1.00 bits per heavy atom. The van der Waals surface area contributed by atoms with Crippen molar-refractivity contribution in [1.82, 2.24) is 5.43 Å². The molecular formula is C22H19BrCl2N4O2. The third-order valence-corrected chi connectivity index (χ3v) is 5.52. The first kappa shape index (κ1) is 23.1. The Morgan fingerprint density at radius 3 is 2.29 bits per heavy atom. The van der Waals surface area contributed by atoms with Crippen LogP contribution in [0.4, 0.5) is 16.2 Å². The van der Waals surface area contributed by atoms with Crippen molar-refractivity contribution in [2.75, 3.05) is 10.6 Å². The predicted octanol–water partition coefficient (Wildman–Crippen LogP) is 6.18. The van der Waals surface area contributed by atoms with Gasteiger partial charge in [-0.15, -0.1) is 0 Å². The van der Waals surface area contributed by atoms with E-state index >= 15 is 0 Å². The fourth-order valence-electron chi connectivity index (χ4n) is 3.00. The molecule has 9 heteroatoms. The lowest BCUT2D eigenvalue weighted by Crippen LogP contribution is -2.34. The highest BCUT2D eigenvalue weighted by Crippen LogP contribution is 2.34. The number of ketones is 1. The molecule has 0 fully saturated rings. The molecule has 3 aromatic rings. The quantitative estimate of drug-likeness (QED) is 0.184. The molecule has 0 aliphatic carbocycles. The first-order chi connectivity index (χ1) is 14.9. The fourth-order valence-corrected chi connectivity index (χ4v) is 3.57. The second kappa shape index (κ2) is 10.6. The first-order valence-electron chi connectivity index (χ1n) is 9.23. The summed E-state index contributed by atoms with van der Waals surface area (Å²) >= 11 is 15.1. The van der Waals surface area contributed by atoms with E-state index in [0.29, 0.717) is 27.7 Å². The van der Waals surface area contributed by atoms with Gasteiger partial charge < -0.3 is 10.6 Å². The minimum atomic E-state index is -0.433. The largest absolute Gasteiger partial charge is 0.377 e. The number of rotatable bonds is 2. The molecule has 1 atom stereocenters. The number of nitrogens with two attached hydrogens (primary N) is 1. The van der Waals surface area contributed by atoms with Gasteiger partial charge >= 0.3 is 6.03 Å². The van der Waals surface area contributed by atoms with Gasteiger partial charge in [-0.1, -0.05) is 51.3 Å². The van der Waals surface area contributed by atoms with Crippen LogP contribution in [0.2, 0.25) is 10.0 Å². The van der Waals surface area contributed by atoms with Gasteiger partial charge in [-0.2, -0.15) is 0 Å². The third-order valence-electron chi connectivity index (χ3n) is 4.51. The molecular weight excluding hydrogens is 503 g/mol. The summed E-state index contributed by atoms with van der Waals surface area (Å²) in [6.07, 6.45) is 0.426. The van der Waals surface area contributed by atoms with Gasteiger partial charge in [0.1, 0.15) is 0 Å². The van der Waals surface area contributed by atoms with Crippen molar-refractivity contribution in [3.63, 3.8) is 0 Å². The summed E-state index contributed by atoms with van der Waals surface area (Å²) < 4.78 is 0.959. The van der Waals surface area contributed by atoms with Gasteiger partial charge in [0.2, 0.25) is 0 Å². The predicted molar refractivity (Wildman–Crippen MR) is 129 cm³/mol. The van der Waals surface area contributed by atoms with E-state index in [0.717, 1.165) is 15.7 Å². The number of hydrogen-bond acceptors (Lipinski definition) is 4. The molecule has 6 nitrogen and oxygen atoms in total. The van der Waals surface area contributed by atoms with Crippen LogP contribution in [0.1, 0.15) is 28.4 Å². The molecule has 3 aromatic carbocycles. The topological polar surface area (TPSA) is 96.2 Å². The lowest BCUT2D eigenvalue weighted by molar-refractivity contribution is 0.0972. The molecule has 2 amide bonds. The number of hydrogen-bond donors (Lipinski definition) is 4. The number of urea groups is 1. The van der Waals surface area contributed by atoms with Crippen molar-refractivity contribution < 1.29 is 9.59 Å². The van der Waals surface area contributed by atoms with Crippen molar-refractivity contribution >= 4 is 62.3 Å². The van der Waals surface area contributed by atoms with Gasteiger partial charge in [-0.25, -0.2) is 10.6 Å². The Morgan fingerprint density at radius 2 is 1.65 bits per heavy atom. The Kier molecular flexibility index (Phi) is 7.92. The van der Waals surface area contributed by atoms with Crippen LogP contribution in [-0.2, 0) is 0 Å². The number of fused-ring (bicyclic) bond motifs is 1. The summed E-state index contributed by atoms with van der Waals surface area (Å²) in [5.41, 5.74) is 5.21. The molecule has 1 unspecified atom stereocenters. The third kappa shape index (κ3) is 6.45. The number of halogens is 3. The average Bonchev–Trinajstić information content (AvgIpc) is 2.76. The first-order valence-corrected chi connectivity index (χ1v) is 10.8. The molecule has 0 saturated heterocycles. The number of nitrogens with one attached hydrogen (secondary N) is 3. The molecule has 1 aliphatic rings.